The third-order valence-electron chi connectivity index (χ3n) is 5.36. The van der Waals surface area contributed by atoms with Crippen molar-refractivity contribution in [3.63, 3.8) is 0 Å². The van der Waals surface area contributed by atoms with Crippen LogP contribution in [-0.2, 0) is 16.0 Å². The van der Waals surface area contributed by atoms with Crippen LogP contribution in [0.3, 0.4) is 0 Å². The molecule has 0 aliphatic carbocycles. The highest BCUT2D eigenvalue weighted by atomic mass is 35.5. The van der Waals surface area contributed by atoms with E-state index in [9.17, 15) is 9.59 Å². The number of piperidine rings is 1. The molecule has 6 nitrogen and oxygen atoms in total. The van der Waals surface area contributed by atoms with Crippen LogP contribution in [0, 0.1) is 0 Å². The SMILES string of the molecule is COC(=O)CCCCc1ccc(N2CCN(C3CCNCC3)C2=O)cc1.Cl. The minimum Gasteiger partial charge on any atom is -0.469 e. The molecule has 0 spiro atoms. The van der Waals surface area contributed by atoms with Gasteiger partial charge in [-0.2, -0.15) is 0 Å². The number of rotatable bonds is 7. The molecule has 3 rings (SSSR count). The maximum absolute atomic E-state index is 12.8. The topological polar surface area (TPSA) is 61.9 Å². The predicted octanol–water partition coefficient (Wildman–Crippen LogP) is 2.99. The Labute approximate surface area is 167 Å². The van der Waals surface area contributed by atoms with Gasteiger partial charge in [-0.1, -0.05) is 12.1 Å². The second-order valence-electron chi connectivity index (χ2n) is 7.06. The minimum atomic E-state index is -0.147. The van der Waals surface area contributed by atoms with E-state index in [1.165, 1.54) is 12.7 Å². The number of carbonyl (C=O) groups is 2. The summed E-state index contributed by atoms with van der Waals surface area (Å²) >= 11 is 0. The summed E-state index contributed by atoms with van der Waals surface area (Å²) in [6, 6.07) is 8.78. The van der Waals surface area contributed by atoms with E-state index in [4.69, 9.17) is 0 Å². The second-order valence-corrected chi connectivity index (χ2v) is 7.06. The fraction of sp³-hybridized carbons (Fsp3) is 0.600. The van der Waals surface area contributed by atoms with Gasteiger partial charge in [0, 0.05) is 31.2 Å². The van der Waals surface area contributed by atoms with E-state index in [0.29, 0.717) is 12.5 Å². The first-order chi connectivity index (χ1) is 12.7. The molecule has 27 heavy (non-hydrogen) atoms. The van der Waals surface area contributed by atoms with Crippen molar-refractivity contribution in [1.82, 2.24) is 10.2 Å². The van der Waals surface area contributed by atoms with Crippen LogP contribution < -0.4 is 10.2 Å². The van der Waals surface area contributed by atoms with Crippen LogP contribution in [-0.4, -0.2) is 56.2 Å². The molecule has 150 valence electrons. The standard InChI is InChI=1S/C20H29N3O3.ClH/c1-26-19(24)5-3-2-4-16-6-8-17(9-7-16)22-14-15-23(20(22)25)18-10-12-21-13-11-18;/h6-9,18,21H,2-5,10-15H2,1H3;1H. The van der Waals surface area contributed by atoms with E-state index >= 15 is 0 Å². The molecule has 2 aliphatic rings. The number of methoxy groups -OCH3 is 1. The van der Waals surface area contributed by atoms with Crippen molar-refractivity contribution in [1.29, 1.82) is 0 Å². The first kappa shape index (κ1) is 21.5. The number of benzene rings is 1. The summed E-state index contributed by atoms with van der Waals surface area (Å²) in [5.41, 5.74) is 2.21. The zero-order valence-corrected chi connectivity index (χ0v) is 16.8. The largest absolute Gasteiger partial charge is 0.469 e. The first-order valence-corrected chi connectivity index (χ1v) is 9.63. The molecule has 2 saturated heterocycles. The summed E-state index contributed by atoms with van der Waals surface area (Å²) in [5, 5.41) is 3.36. The molecule has 1 aromatic rings. The number of hydrogen-bond donors (Lipinski definition) is 1. The van der Waals surface area contributed by atoms with Gasteiger partial charge in [0.15, 0.2) is 0 Å². The zero-order chi connectivity index (χ0) is 18.4. The van der Waals surface area contributed by atoms with Gasteiger partial charge in [0.05, 0.1) is 7.11 Å². The van der Waals surface area contributed by atoms with Crippen molar-refractivity contribution in [3.8, 4) is 0 Å². The summed E-state index contributed by atoms with van der Waals surface area (Å²) < 4.78 is 4.65. The van der Waals surface area contributed by atoms with Crippen molar-refractivity contribution in [2.45, 2.75) is 44.6 Å². The van der Waals surface area contributed by atoms with Crippen molar-refractivity contribution < 1.29 is 14.3 Å². The van der Waals surface area contributed by atoms with Gasteiger partial charge in [-0.25, -0.2) is 4.79 Å². The van der Waals surface area contributed by atoms with Gasteiger partial charge in [0.1, 0.15) is 0 Å². The number of nitrogens with zero attached hydrogens (tertiary/aromatic N) is 2. The van der Waals surface area contributed by atoms with Crippen molar-refractivity contribution >= 4 is 30.1 Å². The lowest BCUT2D eigenvalue weighted by Gasteiger charge is -2.31. The number of ether oxygens (including phenoxy) is 1. The zero-order valence-electron chi connectivity index (χ0n) is 16.0. The lowest BCUT2D eigenvalue weighted by Crippen LogP contribution is -2.45. The average Bonchev–Trinajstić information content (AvgIpc) is 3.07. The molecule has 7 heteroatoms. The highest BCUT2D eigenvalue weighted by Gasteiger charge is 2.34. The highest BCUT2D eigenvalue weighted by molar-refractivity contribution is 5.94. The Balaban J connectivity index is 0.00000261. The van der Waals surface area contributed by atoms with Crippen LogP contribution in [0.5, 0.6) is 0 Å². The molecule has 0 atom stereocenters. The number of amides is 2. The van der Waals surface area contributed by atoms with Gasteiger partial charge < -0.3 is 15.0 Å². The number of carbonyl (C=O) groups excluding carboxylic acids is 2. The lowest BCUT2D eigenvalue weighted by molar-refractivity contribution is -0.140. The third-order valence-corrected chi connectivity index (χ3v) is 5.36. The van der Waals surface area contributed by atoms with Crippen LogP contribution in [0.2, 0.25) is 0 Å². The smallest absolute Gasteiger partial charge is 0.324 e. The van der Waals surface area contributed by atoms with E-state index in [2.05, 4.69) is 22.2 Å². The molecular weight excluding hydrogens is 366 g/mol. The fourth-order valence-electron chi connectivity index (χ4n) is 3.79. The number of nitrogens with one attached hydrogen (secondary N) is 1. The predicted molar refractivity (Wildman–Crippen MR) is 109 cm³/mol. The Morgan fingerprint density at radius 1 is 1.15 bits per heavy atom. The van der Waals surface area contributed by atoms with Crippen molar-refractivity contribution in [2.75, 3.05) is 38.2 Å². The molecule has 2 heterocycles. The van der Waals surface area contributed by atoms with Gasteiger partial charge in [-0.05, 0) is 62.9 Å². The van der Waals surface area contributed by atoms with E-state index in [0.717, 1.165) is 64.0 Å². The molecule has 0 saturated carbocycles. The summed E-state index contributed by atoms with van der Waals surface area (Å²) in [6.45, 7) is 3.58. The van der Waals surface area contributed by atoms with Gasteiger partial charge >= 0.3 is 12.0 Å². The molecule has 2 amide bonds. The molecular formula is C20H30ClN3O3. The Kier molecular flexibility index (Phi) is 8.38. The second kappa shape index (κ2) is 10.5. The number of halogens is 1. The number of unbranched alkanes of at least 4 members (excludes halogenated alkanes) is 1. The van der Waals surface area contributed by atoms with E-state index < -0.39 is 0 Å². The Morgan fingerprint density at radius 3 is 2.52 bits per heavy atom. The lowest BCUT2D eigenvalue weighted by atomic mass is 10.1. The number of hydrogen-bond acceptors (Lipinski definition) is 4. The van der Waals surface area contributed by atoms with Gasteiger partial charge in [-0.15, -0.1) is 12.4 Å². The third kappa shape index (κ3) is 5.59. The maximum atomic E-state index is 12.8. The molecule has 2 aliphatic heterocycles. The number of aryl methyl sites for hydroxylation is 1. The van der Waals surface area contributed by atoms with E-state index in [-0.39, 0.29) is 24.4 Å². The summed E-state index contributed by atoms with van der Waals surface area (Å²) in [4.78, 5) is 27.8. The molecule has 0 aromatic heterocycles. The Hall–Kier alpha value is -1.79. The molecule has 0 unspecified atom stereocenters. The Morgan fingerprint density at radius 2 is 1.85 bits per heavy atom. The quantitative estimate of drug-likeness (QED) is 0.569. The number of esters is 1. The fourth-order valence-corrected chi connectivity index (χ4v) is 3.79. The first-order valence-electron chi connectivity index (χ1n) is 9.63. The van der Waals surface area contributed by atoms with Crippen molar-refractivity contribution in [2.24, 2.45) is 0 Å². The van der Waals surface area contributed by atoms with Crippen molar-refractivity contribution in [3.05, 3.63) is 29.8 Å². The maximum Gasteiger partial charge on any atom is 0.324 e. The average molecular weight is 396 g/mol. The molecule has 0 bridgehead atoms. The summed E-state index contributed by atoms with van der Waals surface area (Å²) in [7, 11) is 1.42. The van der Waals surface area contributed by atoms with Crippen LogP contribution in [0.4, 0.5) is 10.5 Å². The molecule has 2 fully saturated rings. The van der Waals surface area contributed by atoms with E-state index in [1.807, 2.05) is 21.9 Å². The molecule has 1 N–H and O–H groups in total. The van der Waals surface area contributed by atoms with Crippen LogP contribution in [0.1, 0.15) is 37.7 Å². The number of urea groups is 1. The van der Waals surface area contributed by atoms with Gasteiger partial charge in [0.2, 0.25) is 0 Å². The molecule has 1 aromatic carbocycles. The van der Waals surface area contributed by atoms with Crippen LogP contribution in [0.15, 0.2) is 24.3 Å². The Bertz CT molecular complexity index is 617. The van der Waals surface area contributed by atoms with E-state index in [1.54, 1.807) is 0 Å². The minimum absolute atomic E-state index is 0. The summed E-state index contributed by atoms with van der Waals surface area (Å²) in [5.74, 6) is -0.147. The number of anilines is 1. The normalized spacial score (nSPS) is 17.7. The van der Waals surface area contributed by atoms with Gasteiger partial charge in [0.25, 0.3) is 0 Å². The molecule has 0 radical (unpaired) electrons. The van der Waals surface area contributed by atoms with Gasteiger partial charge in [-0.3, -0.25) is 9.69 Å². The highest BCUT2D eigenvalue weighted by Crippen LogP contribution is 2.25. The van der Waals surface area contributed by atoms with Crippen LogP contribution >= 0.6 is 12.4 Å². The van der Waals surface area contributed by atoms with Crippen LogP contribution in [0.25, 0.3) is 0 Å². The monoisotopic (exact) mass is 395 g/mol. The summed E-state index contributed by atoms with van der Waals surface area (Å²) in [6.07, 6.45) is 5.30.